The molecule has 2 rings (SSSR count). The van der Waals surface area contributed by atoms with E-state index in [1.807, 2.05) is 0 Å². The molecule has 0 spiro atoms. The van der Waals surface area contributed by atoms with E-state index in [4.69, 9.17) is 0 Å². The van der Waals surface area contributed by atoms with Crippen LogP contribution < -0.4 is 10.6 Å². The predicted molar refractivity (Wildman–Crippen MR) is 62.2 cm³/mol. The summed E-state index contributed by atoms with van der Waals surface area (Å²) in [6.45, 7) is 1.66. The molecule has 0 aliphatic carbocycles. The Balaban J connectivity index is 2.00. The Labute approximate surface area is 102 Å². The van der Waals surface area contributed by atoms with Crippen LogP contribution in [0, 0.1) is 5.82 Å². The lowest BCUT2D eigenvalue weighted by atomic mass is 10.1. The Morgan fingerprint density at radius 3 is 2.47 bits per heavy atom. The quantitative estimate of drug-likeness (QED) is 0.635. The molecule has 6 heteroatoms. The van der Waals surface area contributed by atoms with Crippen LogP contribution in [0.1, 0.15) is 6.92 Å². The number of hydrogen-bond donors (Lipinski definition) is 2. The minimum atomic E-state index is -0.907. The Kier molecular flexibility index (Phi) is 3.06. The van der Waals surface area contributed by atoms with Crippen molar-refractivity contribution in [3.8, 4) is 0 Å². The van der Waals surface area contributed by atoms with Crippen molar-refractivity contribution in [3.05, 3.63) is 30.1 Å². The smallest absolute Gasteiger partial charge is 0.322 e. The van der Waals surface area contributed by atoms with E-state index in [0.29, 0.717) is 5.75 Å². The number of thioether (sulfide) groups is 1. The molecule has 17 heavy (non-hydrogen) atoms. The lowest BCUT2D eigenvalue weighted by Crippen LogP contribution is -2.46. The molecule has 1 aliphatic rings. The second kappa shape index (κ2) is 4.37. The van der Waals surface area contributed by atoms with Crippen LogP contribution in [0.25, 0.3) is 0 Å². The van der Waals surface area contributed by atoms with Crippen LogP contribution in [-0.2, 0) is 4.79 Å². The number of urea groups is 1. The molecule has 0 bridgehead atoms. The highest BCUT2D eigenvalue weighted by Gasteiger charge is 2.41. The second-order valence-electron chi connectivity index (χ2n) is 3.98. The normalized spacial score (nSPS) is 23.4. The van der Waals surface area contributed by atoms with Gasteiger partial charge < -0.3 is 5.32 Å². The summed E-state index contributed by atoms with van der Waals surface area (Å²) in [4.78, 5) is 23.4. The van der Waals surface area contributed by atoms with Crippen molar-refractivity contribution in [2.24, 2.45) is 0 Å². The van der Waals surface area contributed by atoms with Gasteiger partial charge in [0.15, 0.2) is 0 Å². The van der Waals surface area contributed by atoms with Crippen molar-refractivity contribution in [1.82, 2.24) is 10.6 Å². The standard InChI is InChI=1S/C11H11FN2O2S/c1-11(9(15)13-10(16)14-11)6-17-8-4-2-7(12)3-5-8/h2-5H,6H2,1H3,(H2,13,14,15,16). The van der Waals surface area contributed by atoms with E-state index in [1.165, 1.54) is 23.9 Å². The SMILES string of the molecule is CC1(CSc2ccc(F)cc2)NC(=O)NC1=O. The van der Waals surface area contributed by atoms with Crippen molar-refractivity contribution in [1.29, 1.82) is 0 Å². The zero-order valence-corrected chi connectivity index (χ0v) is 9.94. The number of carbonyl (C=O) groups is 2. The van der Waals surface area contributed by atoms with Gasteiger partial charge in [-0.25, -0.2) is 9.18 Å². The maximum Gasteiger partial charge on any atom is 0.322 e. The average molecular weight is 254 g/mol. The molecule has 1 aliphatic heterocycles. The minimum Gasteiger partial charge on any atom is -0.323 e. The van der Waals surface area contributed by atoms with Crippen LogP contribution >= 0.6 is 11.8 Å². The number of hydrogen-bond acceptors (Lipinski definition) is 3. The maximum absolute atomic E-state index is 12.7. The number of rotatable bonds is 3. The molecule has 1 atom stereocenters. The van der Waals surface area contributed by atoms with Crippen molar-refractivity contribution >= 4 is 23.7 Å². The van der Waals surface area contributed by atoms with E-state index >= 15 is 0 Å². The van der Waals surface area contributed by atoms with E-state index in [0.717, 1.165) is 4.90 Å². The summed E-state index contributed by atoms with van der Waals surface area (Å²) in [7, 11) is 0. The van der Waals surface area contributed by atoms with E-state index in [-0.39, 0.29) is 11.7 Å². The van der Waals surface area contributed by atoms with Gasteiger partial charge in [-0.1, -0.05) is 0 Å². The van der Waals surface area contributed by atoms with Gasteiger partial charge in [-0.2, -0.15) is 0 Å². The number of halogens is 1. The minimum absolute atomic E-state index is 0.299. The van der Waals surface area contributed by atoms with Crippen LogP contribution in [0.2, 0.25) is 0 Å². The first-order valence-electron chi connectivity index (χ1n) is 5.01. The summed E-state index contributed by atoms with van der Waals surface area (Å²) in [5, 5.41) is 4.76. The summed E-state index contributed by atoms with van der Waals surface area (Å²) >= 11 is 1.39. The zero-order chi connectivity index (χ0) is 12.5. The van der Waals surface area contributed by atoms with Crippen molar-refractivity contribution in [2.75, 3.05) is 5.75 Å². The Morgan fingerprint density at radius 1 is 1.29 bits per heavy atom. The highest BCUT2D eigenvalue weighted by molar-refractivity contribution is 7.99. The van der Waals surface area contributed by atoms with Crippen molar-refractivity contribution < 1.29 is 14.0 Å². The van der Waals surface area contributed by atoms with E-state index in [1.54, 1.807) is 19.1 Å². The van der Waals surface area contributed by atoms with Crippen LogP contribution in [0.4, 0.5) is 9.18 Å². The van der Waals surface area contributed by atoms with Crippen LogP contribution in [0.5, 0.6) is 0 Å². The average Bonchev–Trinajstić information content (AvgIpc) is 2.52. The Hall–Kier alpha value is -1.56. The molecule has 90 valence electrons. The third-order valence-corrected chi connectivity index (χ3v) is 3.79. The molecular formula is C11H11FN2O2S. The van der Waals surface area contributed by atoms with Gasteiger partial charge in [-0.15, -0.1) is 11.8 Å². The fraction of sp³-hybridized carbons (Fsp3) is 0.273. The second-order valence-corrected chi connectivity index (χ2v) is 5.03. The highest BCUT2D eigenvalue weighted by Crippen LogP contribution is 2.24. The van der Waals surface area contributed by atoms with Gasteiger partial charge >= 0.3 is 6.03 Å². The first kappa shape index (κ1) is 11.9. The zero-order valence-electron chi connectivity index (χ0n) is 9.12. The fourth-order valence-corrected chi connectivity index (χ4v) is 2.43. The number of amides is 3. The van der Waals surface area contributed by atoms with Gasteiger partial charge in [0, 0.05) is 10.6 Å². The molecule has 1 heterocycles. The lowest BCUT2D eigenvalue weighted by molar-refractivity contribution is -0.122. The molecule has 1 aromatic carbocycles. The number of imide groups is 1. The molecule has 1 saturated heterocycles. The van der Waals surface area contributed by atoms with Gasteiger partial charge in [0.1, 0.15) is 11.4 Å². The molecule has 2 N–H and O–H groups in total. The number of benzene rings is 1. The molecule has 4 nitrogen and oxygen atoms in total. The summed E-state index contributed by atoms with van der Waals surface area (Å²) in [5.41, 5.74) is -0.907. The van der Waals surface area contributed by atoms with Gasteiger partial charge in [0.2, 0.25) is 0 Å². The topological polar surface area (TPSA) is 58.2 Å². The fourth-order valence-electron chi connectivity index (χ4n) is 1.44. The largest absolute Gasteiger partial charge is 0.323 e. The van der Waals surface area contributed by atoms with Crippen LogP contribution in [-0.4, -0.2) is 23.2 Å². The molecule has 0 saturated carbocycles. The molecule has 0 radical (unpaired) electrons. The van der Waals surface area contributed by atoms with E-state index in [2.05, 4.69) is 10.6 Å². The van der Waals surface area contributed by atoms with E-state index in [9.17, 15) is 14.0 Å². The summed E-state index contributed by atoms with van der Waals surface area (Å²) in [6.07, 6.45) is 0. The Bertz CT molecular complexity index is 463. The lowest BCUT2D eigenvalue weighted by Gasteiger charge is -2.19. The summed E-state index contributed by atoms with van der Waals surface area (Å²) in [6, 6.07) is 5.52. The number of nitrogens with one attached hydrogen (secondary N) is 2. The van der Waals surface area contributed by atoms with Crippen LogP contribution in [0.3, 0.4) is 0 Å². The van der Waals surface area contributed by atoms with Gasteiger partial charge in [-0.05, 0) is 31.2 Å². The van der Waals surface area contributed by atoms with E-state index < -0.39 is 11.6 Å². The van der Waals surface area contributed by atoms with Crippen LogP contribution in [0.15, 0.2) is 29.2 Å². The third kappa shape index (κ3) is 2.58. The van der Waals surface area contributed by atoms with Crippen molar-refractivity contribution in [2.45, 2.75) is 17.4 Å². The summed E-state index contributed by atoms with van der Waals surface area (Å²) in [5.74, 6) is -0.236. The molecule has 1 unspecified atom stereocenters. The van der Waals surface area contributed by atoms with Gasteiger partial charge in [0.05, 0.1) is 0 Å². The maximum atomic E-state index is 12.7. The summed E-state index contributed by atoms with van der Waals surface area (Å²) < 4.78 is 12.7. The molecule has 1 fully saturated rings. The predicted octanol–water partition coefficient (Wildman–Crippen LogP) is 1.52. The number of carbonyl (C=O) groups excluding carboxylic acids is 2. The van der Waals surface area contributed by atoms with Crippen molar-refractivity contribution in [3.63, 3.8) is 0 Å². The van der Waals surface area contributed by atoms with Gasteiger partial charge in [-0.3, -0.25) is 10.1 Å². The third-order valence-electron chi connectivity index (χ3n) is 2.46. The highest BCUT2D eigenvalue weighted by atomic mass is 32.2. The first-order valence-corrected chi connectivity index (χ1v) is 6.00. The molecule has 1 aromatic rings. The molecule has 0 aromatic heterocycles. The molecular weight excluding hydrogens is 243 g/mol. The first-order chi connectivity index (χ1) is 7.99. The van der Waals surface area contributed by atoms with Gasteiger partial charge in [0.25, 0.3) is 5.91 Å². The molecule has 3 amide bonds. The Morgan fingerprint density at radius 2 is 1.94 bits per heavy atom. The monoisotopic (exact) mass is 254 g/mol.